The maximum Gasteiger partial charge on any atom is -0.0290 e. The van der Waals surface area contributed by atoms with Gasteiger partial charge in [-0.25, -0.2) is 0 Å². The highest BCUT2D eigenvalue weighted by Gasteiger charge is 2.31. The van der Waals surface area contributed by atoms with Crippen molar-refractivity contribution in [3.8, 4) is 0 Å². The summed E-state index contributed by atoms with van der Waals surface area (Å²) in [5.41, 5.74) is 0.807. The molecule has 6 unspecified atom stereocenters. The van der Waals surface area contributed by atoms with Crippen LogP contribution in [0.1, 0.15) is 135 Å². The van der Waals surface area contributed by atoms with Crippen molar-refractivity contribution in [2.24, 2.45) is 29.6 Å². The predicted molar refractivity (Wildman–Crippen MR) is 137 cm³/mol. The van der Waals surface area contributed by atoms with Crippen LogP contribution in [0.5, 0.6) is 0 Å². The van der Waals surface area contributed by atoms with Gasteiger partial charge in [0.05, 0.1) is 0 Å². The van der Waals surface area contributed by atoms with Gasteiger partial charge in [0, 0.05) is 0 Å². The van der Waals surface area contributed by atoms with E-state index < -0.39 is 0 Å². The van der Waals surface area contributed by atoms with Crippen LogP contribution in [-0.4, -0.2) is 5.66 Å². The molecule has 0 aliphatic heterocycles. The lowest BCUT2D eigenvalue weighted by atomic mass is 9.78. The van der Waals surface area contributed by atoms with Gasteiger partial charge in [0.25, 0.3) is 0 Å². The van der Waals surface area contributed by atoms with Gasteiger partial charge in [-0.05, 0) is 54.5 Å². The van der Waals surface area contributed by atoms with E-state index in [1.165, 1.54) is 44.9 Å². The van der Waals surface area contributed by atoms with Crippen molar-refractivity contribution in [2.45, 2.75) is 141 Å². The SMILES string of the molecule is CC.CC.CC(C)C.CCC.CCC(C)CC(C)C1CCCC1CC(C)P. The van der Waals surface area contributed by atoms with E-state index in [1.807, 2.05) is 27.7 Å². The van der Waals surface area contributed by atoms with Crippen LogP contribution in [0.25, 0.3) is 0 Å². The zero-order valence-corrected chi connectivity index (χ0v) is 23.1. The first-order chi connectivity index (χ1) is 12.7. The Bertz CT molecular complexity index is 232. The van der Waals surface area contributed by atoms with Crippen LogP contribution < -0.4 is 0 Å². The summed E-state index contributed by atoms with van der Waals surface area (Å²) < 4.78 is 0. The molecule has 6 atom stereocenters. The molecule has 0 aromatic carbocycles. The van der Waals surface area contributed by atoms with Crippen molar-refractivity contribution in [3.63, 3.8) is 0 Å². The summed E-state index contributed by atoms with van der Waals surface area (Å²) in [6.45, 7) is 28.3. The van der Waals surface area contributed by atoms with E-state index in [4.69, 9.17) is 0 Å². The van der Waals surface area contributed by atoms with Crippen LogP contribution in [0, 0.1) is 29.6 Å². The van der Waals surface area contributed by atoms with E-state index in [1.54, 1.807) is 0 Å². The fourth-order valence-electron chi connectivity index (χ4n) is 3.56. The van der Waals surface area contributed by atoms with Gasteiger partial charge in [-0.15, -0.1) is 9.24 Å². The minimum absolute atomic E-state index is 0.807. The molecule has 0 aromatic rings. The first kappa shape index (κ1) is 34.9. The van der Waals surface area contributed by atoms with Gasteiger partial charge >= 0.3 is 0 Å². The molecule has 0 N–H and O–H groups in total. The van der Waals surface area contributed by atoms with Crippen molar-refractivity contribution in [2.75, 3.05) is 0 Å². The summed E-state index contributed by atoms with van der Waals surface area (Å²) in [6.07, 6.45) is 9.95. The molecule has 170 valence electrons. The highest BCUT2D eigenvalue weighted by Crippen LogP contribution is 2.42. The quantitative estimate of drug-likeness (QED) is 0.386. The zero-order valence-electron chi connectivity index (χ0n) is 22.0. The molecule has 0 saturated heterocycles. The Morgan fingerprint density at radius 2 is 1.22 bits per heavy atom. The average molecular weight is 405 g/mol. The standard InChI is InChI=1S/C15H31P.C4H10.C3H8.2C2H6/c1-5-11(2)9-12(3)15-8-6-7-14(15)10-13(4)16;1-4(2)3;1-3-2;2*1-2/h11-15H,5-10,16H2,1-4H3;4H,1-3H3;3H2,1-2H3;2*1-2H3. The third-order valence-electron chi connectivity index (χ3n) is 4.59. The third kappa shape index (κ3) is 26.4. The summed E-state index contributed by atoms with van der Waals surface area (Å²) >= 11 is 0. The van der Waals surface area contributed by atoms with E-state index >= 15 is 0 Å². The lowest BCUT2D eigenvalue weighted by molar-refractivity contribution is 0.229. The van der Waals surface area contributed by atoms with Crippen LogP contribution in [0.2, 0.25) is 0 Å². The molecule has 27 heavy (non-hydrogen) atoms. The molecule has 0 aromatic heterocycles. The van der Waals surface area contributed by atoms with Crippen molar-refractivity contribution in [3.05, 3.63) is 0 Å². The normalized spacial score (nSPS) is 21.0. The van der Waals surface area contributed by atoms with E-state index in [-0.39, 0.29) is 0 Å². The van der Waals surface area contributed by atoms with E-state index in [0.717, 1.165) is 35.2 Å². The topological polar surface area (TPSA) is 0 Å². The molecule has 0 bridgehead atoms. The van der Waals surface area contributed by atoms with Gasteiger partial charge in [0.2, 0.25) is 0 Å². The largest absolute Gasteiger partial charge is 0.135 e. The molecule has 0 radical (unpaired) electrons. The van der Waals surface area contributed by atoms with E-state index in [9.17, 15) is 0 Å². The number of rotatable bonds is 6. The summed E-state index contributed by atoms with van der Waals surface area (Å²) in [5, 5.41) is 0. The Morgan fingerprint density at radius 1 is 0.815 bits per heavy atom. The molecule has 1 heteroatoms. The van der Waals surface area contributed by atoms with Gasteiger partial charge in [-0.2, -0.15) is 0 Å². The Hall–Kier alpha value is 0.430. The van der Waals surface area contributed by atoms with Crippen LogP contribution in [0.3, 0.4) is 0 Å². The van der Waals surface area contributed by atoms with E-state index in [0.29, 0.717) is 0 Å². The molecule has 1 aliphatic carbocycles. The monoisotopic (exact) mass is 404 g/mol. The van der Waals surface area contributed by atoms with Crippen LogP contribution in [0.4, 0.5) is 0 Å². The molecule has 1 rings (SSSR count). The maximum atomic E-state index is 2.98. The van der Waals surface area contributed by atoms with Gasteiger partial charge in [0.15, 0.2) is 0 Å². The summed E-state index contributed by atoms with van der Waals surface area (Å²) in [4.78, 5) is 0. The van der Waals surface area contributed by atoms with Gasteiger partial charge < -0.3 is 0 Å². The highest BCUT2D eigenvalue weighted by molar-refractivity contribution is 7.17. The lowest BCUT2D eigenvalue weighted by Gasteiger charge is -2.28. The van der Waals surface area contributed by atoms with Crippen LogP contribution >= 0.6 is 9.24 Å². The summed E-state index contributed by atoms with van der Waals surface area (Å²) in [5.74, 6) is 4.75. The molecular formula is C26H61P. The number of hydrogen-bond donors (Lipinski definition) is 0. The fraction of sp³-hybridized carbons (Fsp3) is 1.00. The van der Waals surface area contributed by atoms with Gasteiger partial charge in [-0.3, -0.25) is 0 Å². The lowest BCUT2D eigenvalue weighted by Crippen LogP contribution is -2.20. The third-order valence-corrected chi connectivity index (χ3v) is 4.87. The van der Waals surface area contributed by atoms with E-state index in [2.05, 4.69) is 71.6 Å². The second-order valence-electron chi connectivity index (χ2n) is 8.73. The molecule has 0 heterocycles. The van der Waals surface area contributed by atoms with Gasteiger partial charge in [0.1, 0.15) is 0 Å². The molecule has 0 amide bonds. The van der Waals surface area contributed by atoms with Crippen molar-refractivity contribution >= 4 is 9.24 Å². The second-order valence-corrected chi connectivity index (χ2v) is 9.87. The first-order valence-electron chi connectivity index (χ1n) is 12.4. The predicted octanol–water partition coefficient (Wildman–Crippen LogP) is 10.3. The van der Waals surface area contributed by atoms with Crippen molar-refractivity contribution in [1.82, 2.24) is 0 Å². The molecular weight excluding hydrogens is 343 g/mol. The Morgan fingerprint density at radius 3 is 1.56 bits per heavy atom. The van der Waals surface area contributed by atoms with Crippen molar-refractivity contribution < 1.29 is 0 Å². The minimum Gasteiger partial charge on any atom is -0.135 e. The summed E-state index contributed by atoms with van der Waals surface area (Å²) in [7, 11) is 2.98. The van der Waals surface area contributed by atoms with Crippen LogP contribution in [0.15, 0.2) is 0 Å². The maximum absolute atomic E-state index is 2.98. The zero-order chi connectivity index (χ0) is 22.4. The van der Waals surface area contributed by atoms with Gasteiger partial charge in [-0.1, -0.05) is 116 Å². The number of hydrogen-bond acceptors (Lipinski definition) is 0. The molecule has 1 saturated carbocycles. The smallest absolute Gasteiger partial charge is 0.0290 e. The summed E-state index contributed by atoms with van der Waals surface area (Å²) in [6, 6.07) is 0. The molecule has 1 fully saturated rings. The minimum atomic E-state index is 0.807. The molecule has 1 aliphatic rings. The Balaban J connectivity index is -0.000000201. The molecule has 0 spiro atoms. The Kier molecular flexibility index (Phi) is 34.2. The Labute approximate surface area is 179 Å². The average Bonchev–Trinajstić information content (AvgIpc) is 3.06. The fourth-order valence-corrected chi connectivity index (χ4v) is 3.91. The molecule has 0 nitrogen and oxygen atoms in total. The second kappa shape index (κ2) is 26.4. The highest BCUT2D eigenvalue weighted by atomic mass is 31.0. The first-order valence-corrected chi connectivity index (χ1v) is 13.1. The van der Waals surface area contributed by atoms with Crippen molar-refractivity contribution in [1.29, 1.82) is 0 Å². The van der Waals surface area contributed by atoms with Crippen LogP contribution in [-0.2, 0) is 0 Å².